The second kappa shape index (κ2) is 10.5. The lowest BCUT2D eigenvalue weighted by Gasteiger charge is -2.19. The number of anilines is 1. The van der Waals surface area contributed by atoms with Crippen LogP contribution in [-0.4, -0.2) is 45.2 Å². The molecule has 0 aromatic heterocycles. The molecule has 160 valence electrons. The van der Waals surface area contributed by atoms with Gasteiger partial charge in [0.1, 0.15) is 6.10 Å². The third-order valence-electron chi connectivity index (χ3n) is 4.96. The highest BCUT2D eigenvalue weighted by Crippen LogP contribution is 2.26. The number of aliphatic imine (C=N–C) groups is 1. The van der Waals surface area contributed by atoms with Crippen LogP contribution in [0.1, 0.15) is 25.3 Å². The summed E-state index contributed by atoms with van der Waals surface area (Å²) in [5.74, 6) is 2.33. The molecule has 2 aromatic carbocycles. The van der Waals surface area contributed by atoms with Gasteiger partial charge >= 0.3 is 0 Å². The van der Waals surface area contributed by atoms with Crippen molar-refractivity contribution in [3.05, 3.63) is 54.1 Å². The maximum absolute atomic E-state index is 11.9. The van der Waals surface area contributed by atoms with E-state index in [2.05, 4.69) is 15.6 Å². The minimum absolute atomic E-state index is 0.0721. The zero-order valence-electron chi connectivity index (χ0n) is 17.9. The summed E-state index contributed by atoms with van der Waals surface area (Å²) in [6.45, 7) is 4.02. The Labute approximate surface area is 178 Å². The average molecular weight is 411 g/mol. The SMILES string of the molecule is CN=C(NCc1ccc(N2CCCC2=O)cc1)NCC(C)Oc1ccccc1OC. The molecule has 2 N–H and O–H groups in total. The van der Waals surface area contributed by atoms with Gasteiger partial charge in [0.25, 0.3) is 0 Å². The van der Waals surface area contributed by atoms with Crippen LogP contribution in [0.4, 0.5) is 5.69 Å². The van der Waals surface area contributed by atoms with E-state index in [4.69, 9.17) is 9.47 Å². The summed E-state index contributed by atoms with van der Waals surface area (Å²) in [5, 5.41) is 6.58. The summed E-state index contributed by atoms with van der Waals surface area (Å²) >= 11 is 0. The number of methoxy groups -OCH3 is 1. The second-order valence-corrected chi connectivity index (χ2v) is 7.20. The Bertz CT molecular complexity index is 867. The van der Waals surface area contributed by atoms with E-state index in [-0.39, 0.29) is 12.0 Å². The number of nitrogens with one attached hydrogen (secondary N) is 2. The Hall–Kier alpha value is -3.22. The number of carbonyl (C=O) groups is 1. The summed E-state index contributed by atoms with van der Waals surface area (Å²) in [5.41, 5.74) is 2.08. The van der Waals surface area contributed by atoms with Crippen molar-refractivity contribution < 1.29 is 14.3 Å². The lowest BCUT2D eigenvalue weighted by molar-refractivity contribution is -0.117. The normalized spacial score (nSPS) is 15.1. The van der Waals surface area contributed by atoms with E-state index < -0.39 is 0 Å². The Balaban J connectivity index is 1.46. The molecule has 7 nitrogen and oxygen atoms in total. The maximum atomic E-state index is 11.9. The molecule has 1 saturated heterocycles. The number of nitrogens with zero attached hydrogens (tertiary/aromatic N) is 2. The summed E-state index contributed by atoms with van der Waals surface area (Å²) in [7, 11) is 3.37. The number of hydrogen-bond acceptors (Lipinski definition) is 4. The van der Waals surface area contributed by atoms with E-state index in [9.17, 15) is 4.79 Å². The molecule has 2 aromatic rings. The van der Waals surface area contributed by atoms with Gasteiger partial charge < -0.3 is 25.0 Å². The first-order valence-electron chi connectivity index (χ1n) is 10.2. The molecule has 0 radical (unpaired) electrons. The van der Waals surface area contributed by atoms with Crippen LogP contribution in [0.3, 0.4) is 0 Å². The van der Waals surface area contributed by atoms with E-state index in [1.165, 1.54) is 0 Å². The van der Waals surface area contributed by atoms with Crippen LogP contribution in [0.5, 0.6) is 11.5 Å². The fourth-order valence-corrected chi connectivity index (χ4v) is 3.34. The Kier molecular flexibility index (Phi) is 7.54. The summed E-state index contributed by atoms with van der Waals surface area (Å²) in [6, 6.07) is 15.7. The van der Waals surface area contributed by atoms with Gasteiger partial charge in [-0.15, -0.1) is 0 Å². The van der Waals surface area contributed by atoms with Gasteiger partial charge in [-0.1, -0.05) is 24.3 Å². The Morgan fingerprint density at radius 2 is 1.87 bits per heavy atom. The second-order valence-electron chi connectivity index (χ2n) is 7.20. The first-order valence-corrected chi connectivity index (χ1v) is 10.2. The third-order valence-corrected chi connectivity index (χ3v) is 4.96. The van der Waals surface area contributed by atoms with Gasteiger partial charge in [0.2, 0.25) is 5.91 Å². The van der Waals surface area contributed by atoms with Gasteiger partial charge in [0.05, 0.1) is 13.7 Å². The summed E-state index contributed by atoms with van der Waals surface area (Å²) < 4.78 is 11.3. The first-order chi connectivity index (χ1) is 14.6. The van der Waals surface area contributed by atoms with Crippen LogP contribution >= 0.6 is 0 Å². The minimum Gasteiger partial charge on any atom is -0.493 e. The zero-order chi connectivity index (χ0) is 21.3. The predicted molar refractivity (Wildman–Crippen MR) is 119 cm³/mol. The van der Waals surface area contributed by atoms with Crippen molar-refractivity contribution in [2.75, 3.05) is 32.1 Å². The average Bonchev–Trinajstić information content (AvgIpc) is 3.20. The van der Waals surface area contributed by atoms with Crippen molar-refractivity contribution in [3.8, 4) is 11.5 Å². The van der Waals surface area contributed by atoms with Gasteiger partial charge in [-0.3, -0.25) is 9.79 Å². The van der Waals surface area contributed by atoms with E-state index in [1.54, 1.807) is 14.2 Å². The van der Waals surface area contributed by atoms with Crippen molar-refractivity contribution in [2.24, 2.45) is 4.99 Å². The highest BCUT2D eigenvalue weighted by atomic mass is 16.5. The van der Waals surface area contributed by atoms with Crippen molar-refractivity contribution in [1.82, 2.24) is 10.6 Å². The monoisotopic (exact) mass is 410 g/mol. The predicted octanol–water partition coefficient (Wildman–Crippen LogP) is 2.95. The molecule has 1 amide bonds. The Morgan fingerprint density at radius 1 is 1.13 bits per heavy atom. The quantitative estimate of drug-likeness (QED) is 0.517. The van der Waals surface area contributed by atoms with Crippen LogP contribution in [0.15, 0.2) is 53.5 Å². The van der Waals surface area contributed by atoms with Crippen LogP contribution in [0.2, 0.25) is 0 Å². The number of hydrogen-bond donors (Lipinski definition) is 2. The number of amides is 1. The number of ether oxygens (including phenoxy) is 2. The van der Waals surface area contributed by atoms with Crippen LogP contribution < -0.4 is 25.0 Å². The fourth-order valence-electron chi connectivity index (χ4n) is 3.34. The molecular formula is C23H30N4O3. The van der Waals surface area contributed by atoms with Gasteiger partial charge in [0, 0.05) is 32.2 Å². The van der Waals surface area contributed by atoms with E-state index >= 15 is 0 Å². The first kappa shape index (κ1) is 21.5. The molecule has 1 atom stereocenters. The fraction of sp³-hybridized carbons (Fsp3) is 0.391. The summed E-state index contributed by atoms with van der Waals surface area (Å²) in [6.07, 6.45) is 1.51. The van der Waals surface area contributed by atoms with E-state index in [0.29, 0.717) is 37.0 Å². The number of guanidine groups is 1. The lowest BCUT2D eigenvalue weighted by atomic mass is 10.2. The van der Waals surface area contributed by atoms with Crippen LogP contribution in [0.25, 0.3) is 0 Å². The van der Waals surface area contributed by atoms with Crippen molar-refractivity contribution in [1.29, 1.82) is 0 Å². The number of benzene rings is 2. The topological polar surface area (TPSA) is 75.2 Å². The van der Waals surface area contributed by atoms with Gasteiger partial charge in [-0.2, -0.15) is 0 Å². The molecule has 1 aliphatic heterocycles. The molecule has 0 bridgehead atoms. The van der Waals surface area contributed by atoms with E-state index in [0.717, 1.165) is 24.2 Å². The summed E-state index contributed by atoms with van der Waals surface area (Å²) in [4.78, 5) is 18.0. The maximum Gasteiger partial charge on any atom is 0.227 e. The van der Waals surface area contributed by atoms with Gasteiger partial charge in [-0.25, -0.2) is 0 Å². The molecule has 0 spiro atoms. The lowest BCUT2D eigenvalue weighted by Crippen LogP contribution is -2.41. The van der Waals surface area contributed by atoms with Crippen molar-refractivity contribution in [2.45, 2.75) is 32.4 Å². The zero-order valence-corrected chi connectivity index (χ0v) is 17.9. The third kappa shape index (κ3) is 5.65. The molecule has 1 unspecified atom stereocenters. The van der Waals surface area contributed by atoms with Gasteiger partial charge in [0.15, 0.2) is 17.5 Å². The molecule has 30 heavy (non-hydrogen) atoms. The number of rotatable bonds is 8. The largest absolute Gasteiger partial charge is 0.493 e. The molecule has 1 fully saturated rings. The molecular weight excluding hydrogens is 380 g/mol. The molecule has 7 heteroatoms. The van der Waals surface area contributed by atoms with E-state index in [1.807, 2.05) is 60.4 Å². The molecule has 3 rings (SSSR count). The smallest absolute Gasteiger partial charge is 0.227 e. The Morgan fingerprint density at radius 3 is 2.50 bits per heavy atom. The highest BCUT2D eigenvalue weighted by Gasteiger charge is 2.21. The van der Waals surface area contributed by atoms with Crippen LogP contribution in [0, 0.1) is 0 Å². The molecule has 0 aliphatic carbocycles. The highest BCUT2D eigenvalue weighted by molar-refractivity contribution is 5.95. The minimum atomic E-state index is -0.0721. The molecule has 1 heterocycles. The van der Waals surface area contributed by atoms with Gasteiger partial charge in [-0.05, 0) is 43.2 Å². The van der Waals surface area contributed by atoms with Crippen molar-refractivity contribution in [3.63, 3.8) is 0 Å². The molecule has 0 saturated carbocycles. The van der Waals surface area contributed by atoms with Crippen molar-refractivity contribution >= 4 is 17.6 Å². The van der Waals surface area contributed by atoms with Crippen LogP contribution in [-0.2, 0) is 11.3 Å². The number of carbonyl (C=O) groups excluding carboxylic acids is 1. The standard InChI is InChI=1S/C23H30N4O3/c1-17(30-21-8-5-4-7-20(21)29-3)15-25-23(24-2)26-16-18-10-12-19(13-11-18)27-14-6-9-22(27)28/h4-5,7-8,10-13,17H,6,9,14-16H2,1-3H3,(H2,24,25,26). The number of para-hydroxylation sites is 2. The molecule has 1 aliphatic rings.